The topological polar surface area (TPSA) is 171 Å². The molecule has 0 aliphatic heterocycles. The Balaban J connectivity index is 1.67. The van der Waals surface area contributed by atoms with Crippen LogP contribution in [0.4, 0.5) is 4.79 Å². The van der Waals surface area contributed by atoms with Gasteiger partial charge in [0, 0.05) is 6.54 Å². The number of hydrogen-bond acceptors (Lipinski definition) is 9. The van der Waals surface area contributed by atoms with Crippen LogP contribution in [0.3, 0.4) is 0 Å². The number of ether oxygens (including phenoxy) is 4. The highest BCUT2D eigenvalue weighted by molar-refractivity contribution is 7.52. The van der Waals surface area contributed by atoms with Gasteiger partial charge in [-0.3, -0.25) is 9.46 Å². The molecule has 1 atom stereocenters. The number of carbonyl (C=O) groups is 1. The Bertz CT molecular complexity index is 1290. The number of nitrogens with two attached hydrogens (primary N) is 1. The molecule has 230 valence electrons. The second-order valence-corrected chi connectivity index (χ2v) is 12.1. The van der Waals surface area contributed by atoms with Crippen LogP contribution in [0.15, 0.2) is 60.8 Å². The Hall–Kier alpha value is -3.32. The summed E-state index contributed by atoms with van der Waals surface area (Å²) in [7, 11) is -4.83. The minimum Gasteiger partial charge on any atom is -0.487 e. The minimum absolute atomic E-state index is 0.135. The molecule has 1 aromatic heterocycles. The summed E-state index contributed by atoms with van der Waals surface area (Å²) in [5, 5.41) is 8.20. The Labute approximate surface area is 245 Å². The normalized spacial score (nSPS) is 12.6. The summed E-state index contributed by atoms with van der Waals surface area (Å²) in [4.78, 5) is 34.9. The zero-order valence-corrected chi connectivity index (χ0v) is 25.1. The van der Waals surface area contributed by atoms with E-state index >= 15 is 0 Å². The summed E-state index contributed by atoms with van der Waals surface area (Å²) in [5.74, 6) is -1.06. The summed E-state index contributed by atoms with van der Waals surface area (Å²) in [5.41, 5.74) is 5.98. The van der Waals surface area contributed by atoms with Gasteiger partial charge in [-0.15, -0.1) is 5.10 Å². The van der Waals surface area contributed by atoms with Crippen molar-refractivity contribution in [2.24, 2.45) is 5.73 Å². The second-order valence-electron chi connectivity index (χ2n) is 10.4. The van der Waals surface area contributed by atoms with Crippen molar-refractivity contribution < 1.29 is 38.1 Å². The molecule has 0 bridgehead atoms. The van der Waals surface area contributed by atoms with Crippen LogP contribution in [0.5, 0.6) is 5.75 Å². The summed E-state index contributed by atoms with van der Waals surface area (Å²) in [6.07, 6.45) is 0.905. The van der Waals surface area contributed by atoms with Gasteiger partial charge in [0.05, 0.1) is 45.7 Å². The molecule has 14 heteroatoms. The molecule has 13 nitrogen and oxygen atoms in total. The highest BCUT2D eigenvalue weighted by Gasteiger charge is 2.40. The largest absolute Gasteiger partial charge is 0.487 e. The quantitative estimate of drug-likeness (QED) is 0.161. The fourth-order valence-electron chi connectivity index (χ4n) is 3.92. The van der Waals surface area contributed by atoms with Gasteiger partial charge in [-0.2, -0.15) is 0 Å². The Morgan fingerprint density at radius 3 is 2.43 bits per heavy atom. The third-order valence-electron chi connectivity index (χ3n) is 5.66. The van der Waals surface area contributed by atoms with E-state index in [1.54, 1.807) is 86.2 Å². The Morgan fingerprint density at radius 2 is 1.76 bits per heavy atom. The molecule has 0 spiro atoms. The summed E-state index contributed by atoms with van der Waals surface area (Å²) < 4.78 is 36.5. The average Bonchev–Trinajstić information content (AvgIpc) is 3.38. The van der Waals surface area contributed by atoms with E-state index in [0.717, 1.165) is 4.90 Å². The van der Waals surface area contributed by atoms with Crippen molar-refractivity contribution in [3.63, 3.8) is 0 Å². The van der Waals surface area contributed by atoms with Crippen LogP contribution >= 0.6 is 7.60 Å². The van der Waals surface area contributed by atoms with Crippen molar-refractivity contribution in [2.45, 2.75) is 51.9 Å². The standard InChI is InChI=1S/C28H40N5O8P/c1-28(2,3)41-27(34)33(26(42(35,36)37)23-9-5-4-6-10-23)19-22-8-7-11-25(18-22)40-21-24-20-32(31-30-24)13-15-39-17-16-38-14-12-29/h4-11,18,20,26H,12-17,19,21,29H2,1-3H3,(H2,35,36,37). The molecule has 3 aromatic rings. The predicted octanol–water partition coefficient (Wildman–Crippen LogP) is 3.46. The first-order chi connectivity index (χ1) is 20.0. The lowest BCUT2D eigenvalue weighted by atomic mass is 10.1. The van der Waals surface area contributed by atoms with Gasteiger partial charge in [0.15, 0.2) is 5.78 Å². The highest BCUT2D eigenvalue weighted by Crippen LogP contribution is 2.54. The fraction of sp³-hybridized carbons (Fsp3) is 0.464. The molecule has 1 heterocycles. The first-order valence-corrected chi connectivity index (χ1v) is 15.2. The molecule has 0 saturated heterocycles. The van der Waals surface area contributed by atoms with Crippen LogP contribution in [0.25, 0.3) is 0 Å². The molecule has 0 saturated carbocycles. The molecule has 1 amide bonds. The lowest BCUT2D eigenvalue weighted by molar-refractivity contribution is 0.0181. The van der Waals surface area contributed by atoms with E-state index in [4.69, 9.17) is 24.7 Å². The monoisotopic (exact) mass is 605 g/mol. The van der Waals surface area contributed by atoms with Gasteiger partial charge in [0.1, 0.15) is 23.7 Å². The number of amides is 1. The van der Waals surface area contributed by atoms with Crippen molar-refractivity contribution in [1.82, 2.24) is 19.9 Å². The smallest absolute Gasteiger partial charge is 0.411 e. The number of hydrogen-bond donors (Lipinski definition) is 3. The third-order valence-corrected chi connectivity index (χ3v) is 6.88. The van der Waals surface area contributed by atoms with Crippen LogP contribution in [-0.4, -0.2) is 74.3 Å². The van der Waals surface area contributed by atoms with Crippen molar-refractivity contribution >= 4 is 13.7 Å². The number of rotatable bonds is 16. The van der Waals surface area contributed by atoms with Crippen LogP contribution in [0.1, 0.15) is 43.4 Å². The van der Waals surface area contributed by atoms with Gasteiger partial charge in [-0.25, -0.2) is 9.48 Å². The maximum atomic E-state index is 13.3. The SMILES string of the molecule is CC(C)(C)OC(=O)N(Cc1cccc(OCc2cn(CCOCCOCCN)nn2)c1)C(c1ccccc1)P(=O)(O)O. The Kier molecular flexibility index (Phi) is 12.5. The summed E-state index contributed by atoms with van der Waals surface area (Å²) >= 11 is 0. The van der Waals surface area contributed by atoms with Crippen molar-refractivity contribution in [3.05, 3.63) is 77.6 Å². The van der Waals surface area contributed by atoms with Crippen LogP contribution < -0.4 is 10.5 Å². The predicted molar refractivity (Wildman–Crippen MR) is 154 cm³/mol. The van der Waals surface area contributed by atoms with E-state index in [-0.39, 0.29) is 18.7 Å². The number of carbonyl (C=O) groups excluding carboxylic acids is 1. The number of nitrogens with zero attached hydrogens (tertiary/aromatic N) is 4. The van der Waals surface area contributed by atoms with Crippen molar-refractivity contribution in [2.75, 3.05) is 33.0 Å². The number of benzene rings is 2. The van der Waals surface area contributed by atoms with E-state index in [0.29, 0.717) is 56.5 Å². The zero-order chi connectivity index (χ0) is 30.6. The molecule has 0 aliphatic rings. The fourth-order valence-corrected chi connectivity index (χ4v) is 5.02. The van der Waals surface area contributed by atoms with Gasteiger partial charge in [0.2, 0.25) is 0 Å². The molecule has 2 aromatic carbocycles. The maximum absolute atomic E-state index is 13.3. The van der Waals surface area contributed by atoms with E-state index in [2.05, 4.69) is 10.3 Å². The van der Waals surface area contributed by atoms with Gasteiger partial charge in [-0.1, -0.05) is 47.7 Å². The molecular formula is C28H40N5O8P. The molecule has 3 rings (SSSR count). The van der Waals surface area contributed by atoms with E-state index < -0.39 is 25.1 Å². The van der Waals surface area contributed by atoms with Gasteiger partial charge in [0.25, 0.3) is 0 Å². The molecule has 42 heavy (non-hydrogen) atoms. The van der Waals surface area contributed by atoms with Crippen LogP contribution in [0.2, 0.25) is 0 Å². The second kappa shape index (κ2) is 15.8. The first kappa shape index (κ1) is 33.2. The van der Waals surface area contributed by atoms with Gasteiger partial charge >= 0.3 is 13.7 Å². The molecule has 1 unspecified atom stereocenters. The minimum atomic E-state index is -4.83. The van der Waals surface area contributed by atoms with Crippen molar-refractivity contribution in [3.8, 4) is 5.75 Å². The van der Waals surface area contributed by atoms with Gasteiger partial charge < -0.3 is 34.5 Å². The summed E-state index contributed by atoms with van der Waals surface area (Å²) in [6.45, 7) is 7.97. The maximum Gasteiger partial charge on any atom is 0.411 e. The average molecular weight is 606 g/mol. The molecule has 0 fully saturated rings. The van der Waals surface area contributed by atoms with Crippen LogP contribution in [-0.2, 0) is 38.5 Å². The lowest BCUT2D eigenvalue weighted by Crippen LogP contribution is -2.39. The van der Waals surface area contributed by atoms with Crippen LogP contribution in [0, 0.1) is 0 Å². The van der Waals surface area contributed by atoms with E-state index in [1.165, 1.54) is 0 Å². The number of aromatic nitrogens is 3. The lowest BCUT2D eigenvalue weighted by Gasteiger charge is -2.34. The molecule has 0 aliphatic carbocycles. The first-order valence-electron chi connectivity index (χ1n) is 13.5. The Morgan fingerprint density at radius 1 is 1.05 bits per heavy atom. The van der Waals surface area contributed by atoms with Gasteiger partial charge in [-0.05, 0) is 44.0 Å². The highest BCUT2D eigenvalue weighted by atomic mass is 31.2. The van der Waals surface area contributed by atoms with Crippen molar-refractivity contribution in [1.29, 1.82) is 0 Å². The molecule has 0 radical (unpaired) electrons. The van der Waals surface area contributed by atoms with E-state index in [1.807, 2.05) is 0 Å². The zero-order valence-electron chi connectivity index (χ0n) is 24.2. The molecular weight excluding hydrogens is 565 g/mol. The molecule has 4 N–H and O–H groups in total. The third kappa shape index (κ3) is 11.2. The summed E-state index contributed by atoms with van der Waals surface area (Å²) in [6, 6.07) is 15.1. The van der Waals surface area contributed by atoms with E-state index in [9.17, 15) is 19.1 Å².